The van der Waals surface area contributed by atoms with Crippen LogP contribution in [0.1, 0.15) is 46.0 Å². The molecule has 0 saturated carbocycles. The van der Waals surface area contributed by atoms with Gasteiger partial charge in [-0.05, 0) is 36.2 Å². The van der Waals surface area contributed by atoms with Crippen molar-refractivity contribution in [3.05, 3.63) is 42.5 Å². The normalized spacial score (nSPS) is 12.5. The van der Waals surface area contributed by atoms with Gasteiger partial charge in [0, 0.05) is 11.7 Å². The van der Waals surface area contributed by atoms with Gasteiger partial charge in [-0.3, -0.25) is 0 Å². The first-order valence-corrected chi connectivity index (χ1v) is 7.55. The molecule has 0 saturated heterocycles. The molecule has 0 fully saturated rings. The van der Waals surface area contributed by atoms with Crippen LogP contribution in [0.4, 0.5) is 5.69 Å². The van der Waals surface area contributed by atoms with E-state index >= 15 is 0 Å². The molecule has 2 aromatic rings. The summed E-state index contributed by atoms with van der Waals surface area (Å²) >= 11 is 0. The van der Waals surface area contributed by atoms with Crippen LogP contribution in [-0.2, 0) is 0 Å². The van der Waals surface area contributed by atoms with E-state index in [1.54, 1.807) is 0 Å². The predicted octanol–water partition coefficient (Wildman–Crippen LogP) is 5.61. The third-order valence-corrected chi connectivity index (χ3v) is 3.65. The summed E-state index contributed by atoms with van der Waals surface area (Å²) in [4.78, 5) is 0. The Morgan fingerprint density at radius 1 is 0.947 bits per heavy atom. The van der Waals surface area contributed by atoms with Crippen molar-refractivity contribution in [1.29, 1.82) is 0 Å². The molecule has 1 unspecified atom stereocenters. The van der Waals surface area contributed by atoms with E-state index < -0.39 is 0 Å². The smallest absolute Gasteiger partial charge is 0.0348 e. The number of unbranched alkanes of at least 4 members (excludes halogenated alkanes) is 3. The number of rotatable bonds is 7. The average Bonchev–Trinajstić information content (AvgIpc) is 2.43. The van der Waals surface area contributed by atoms with Gasteiger partial charge in [-0.25, -0.2) is 0 Å². The molecule has 1 nitrogen and oxygen atoms in total. The quantitative estimate of drug-likeness (QED) is 0.634. The molecule has 0 bridgehead atoms. The lowest BCUT2D eigenvalue weighted by Gasteiger charge is -2.15. The largest absolute Gasteiger partial charge is 0.383 e. The molecule has 0 amide bonds. The van der Waals surface area contributed by atoms with E-state index in [2.05, 4.69) is 61.6 Å². The van der Waals surface area contributed by atoms with Gasteiger partial charge in [0.05, 0.1) is 0 Å². The highest BCUT2D eigenvalue weighted by molar-refractivity contribution is 5.85. The third kappa shape index (κ3) is 4.27. The highest BCUT2D eigenvalue weighted by Crippen LogP contribution is 2.20. The second-order valence-corrected chi connectivity index (χ2v) is 5.46. The molecular weight excluding hydrogens is 230 g/mol. The number of hydrogen-bond acceptors (Lipinski definition) is 1. The standard InChI is InChI=1S/C18H25N/c1-3-4-5-6-9-15(2)19-18-13-12-16-10-7-8-11-17(16)14-18/h7-8,10-15,19H,3-6,9H2,1-2H3. The molecule has 0 aliphatic rings. The Hall–Kier alpha value is -1.50. The van der Waals surface area contributed by atoms with Crippen molar-refractivity contribution in [2.45, 2.75) is 52.0 Å². The summed E-state index contributed by atoms with van der Waals surface area (Å²) in [5.41, 5.74) is 1.24. The number of fused-ring (bicyclic) bond motifs is 1. The van der Waals surface area contributed by atoms with Crippen molar-refractivity contribution in [3.8, 4) is 0 Å². The molecule has 1 heteroatoms. The second kappa shape index (κ2) is 7.18. The zero-order valence-electron chi connectivity index (χ0n) is 12.2. The highest BCUT2D eigenvalue weighted by Gasteiger charge is 2.02. The molecule has 2 rings (SSSR count). The van der Waals surface area contributed by atoms with E-state index in [0.29, 0.717) is 6.04 Å². The van der Waals surface area contributed by atoms with E-state index in [1.165, 1.54) is 48.6 Å². The summed E-state index contributed by atoms with van der Waals surface area (Å²) in [6.45, 7) is 4.54. The fraction of sp³-hybridized carbons (Fsp3) is 0.444. The first-order valence-electron chi connectivity index (χ1n) is 7.55. The van der Waals surface area contributed by atoms with Crippen LogP contribution >= 0.6 is 0 Å². The van der Waals surface area contributed by atoms with Crippen molar-refractivity contribution in [2.75, 3.05) is 5.32 Å². The maximum Gasteiger partial charge on any atom is 0.0348 e. The van der Waals surface area contributed by atoms with Crippen LogP contribution in [0.15, 0.2) is 42.5 Å². The van der Waals surface area contributed by atoms with Crippen molar-refractivity contribution in [3.63, 3.8) is 0 Å². The first kappa shape index (κ1) is 13.9. The molecule has 102 valence electrons. The molecule has 19 heavy (non-hydrogen) atoms. The summed E-state index contributed by atoms with van der Waals surface area (Å²) in [5.74, 6) is 0. The fourth-order valence-electron chi connectivity index (χ4n) is 2.51. The van der Waals surface area contributed by atoms with Crippen LogP contribution in [0.3, 0.4) is 0 Å². The summed E-state index contributed by atoms with van der Waals surface area (Å²) < 4.78 is 0. The molecule has 0 spiro atoms. The Morgan fingerprint density at radius 2 is 1.74 bits per heavy atom. The minimum Gasteiger partial charge on any atom is -0.383 e. The lowest BCUT2D eigenvalue weighted by molar-refractivity contribution is 0.594. The molecule has 0 aliphatic carbocycles. The van der Waals surface area contributed by atoms with Crippen LogP contribution < -0.4 is 5.32 Å². The van der Waals surface area contributed by atoms with E-state index in [0.717, 1.165) is 0 Å². The van der Waals surface area contributed by atoms with Crippen LogP contribution in [-0.4, -0.2) is 6.04 Å². The van der Waals surface area contributed by atoms with Crippen LogP contribution in [0, 0.1) is 0 Å². The summed E-state index contributed by atoms with van der Waals surface area (Å²) in [7, 11) is 0. The average molecular weight is 255 g/mol. The molecule has 0 radical (unpaired) electrons. The van der Waals surface area contributed by atoms with Gasteiger partial charge in [0.2, 0.25) is 0 Å². The lowest BCUT2D eigenvalue weighted by atomic mass is 10.1. The lowest BCUT2D eigenvalue weighted by Crippen LogP contribution is -2.14. The minimum absolute atomic E-state index is 0.554. The summed E-state index contributed by atoms with van der Waals surface area (Å²) in [5, 5.41) is 6.23. The van der Waals surface area contributed by atoms with Crippen molar-refractivity contribution >= 4 is 16.5 Å². The van der Waals surface area contributed by atoms with E-state index in [1.807, 2.05) is 0 Å². The van der Waals surface area contributed by atoms with Gasteiger partial charge in [-0.1, -0.05) is 62.9 Å². The van der Waals surface area contributed by atoms with Crippen molar-refractivity contribution in [2.24, 2.45) is 0 Å². The van der Waals surface area contributed by atoms with Crippen molar-refractivity contribution < 1.29 is 0 Å². The van der Waals surface area contributed by atoms with Gasteiger partial charge in [0.1, 0.15) is 0 Å². The van der Waals surface area contributed by atoms with Gasteiger partial charge in [0.25, 0.3) is 0 Å². The number of nitrogens with one attached hydrogen (secondary N) is 1. The number of anilines is 1. The molecule has 0 aliphatic heterocycles. The SMILES string of the molecule is CCCCCCC(C)Nc1ccc2ccccc2c1. The zero-order valence-corrected chi connectivity index (χ0v) is 12.2. The predicted molar refractivity (Wildman–Crippen MR) is 85.8 cm³/mol. The van der Waals surface area contributed by atoms with E-state index in [-0.39, 0.29) is 0 Å². The third-order valence-electron chi connectivity index (χ3n) is 3.65. The van der Waals surface area contributed by atoms with Crippen LogP contribution in [0.2, 0.25) is 0 Å². The molecule has 1 N–H and O–H groups in total. The summed E-state index contributed by atoms with van der Waals surface area (Å²) in [6.07, 6.45) is 6.62. The zero-order chi connectivity index (χ0) is 13.5. The molecular formula is C18H25N. The minimum atomic E-state index is 0.554. The Labute approximate surface area is 117 Å². The van der Waals surface area contributed by atoms with Gasteiger partial charge in [-0.2, -0.15) is 0 Å². The maximum absolute atomic E-state index is 3.61. The Bertz CT molecular complexity index is 504. The van der Waals surface area contributed by atoms with Crippen LogP contribution in [0.25, 0.3) is 10.8 Å². The molecule has 1 atom stereocenters. The fourth-order valence-corrected chi connectivity index (χ4v) is 2.51. The van der Waals surface area contributed by atoms with Gasteiger partial charge in [-0.15, -0.1) is 0 Å². The first-order chi connectivity index (χ1) is 9.29. The Morgan fingerprint density at radius 3 is 2.53 bits per heavy atom. The van der Waals surface area contributed by atoms with Crippen molar-refractivity contribution in [1.82, 2.24) is 0 Å². The van der Waals surface area contributed by atoms with Gasteiger partial charge >= 0.3 is 0 Å². The maximum atomic E-state index is 3.61. The Balaban J connectivity index is 1.89. The molecule has 0 heterocycles. The Kier molecular flexibility index (Phi) is 5.26. The van der Waals surface area contributed by atoms with E-state index in [9.17, 15) is 0 Å². The van der Waals surface area contributed by atoms with Gasteiger partial charge < -0.3 is 5.32 Å². The second-order valence-electron chi connectivity index (χ2n) is 5.46. The summed E-state index contributed by atoms with van der Waals surface area (Å²) in [6, 6.07) is 15.7. The topological polar surface area (TPSA) is 12.0 Å². The highest BCUT2D eigenvalue weighted by atomic mass is 14.9. The monoisotopic (exact) mass is 255 g/mol. The molecule has 0 aromatic heterocycles. The van der Waals surface area contributed by atoms with Crippen LogP contribution in [0.5, 0.6) is 0 Å². The number of hydrogen-bond donors (Lipinski definition) is 1. The van der Waals surface area contributed by atoms with E-state index in [4.69, 9.17) is 0 Å². The number of benzene rings is 2. The molecule has 2 aromatic carbocycles. The van der Waals surface area contributed by atoms with Gasteiger partial charge in [0.15, 0.2) is 0 Å².